The molecule has 5 nitrogen and oxygen atoms in total. The van der Waals surface area contributed by atoms with E-state index in [0.29, 0.717) is 6.10 Å². The summed E-state index contributed by atoms with van der Waals surface area (Å²) in [6.45, 7) is 5.67. The van der Waals surface area contributed by atoms with Crippen molar-refractivity contribution in [2.45, 2.75) is 76.6 Å². The predicted molar refractivity (Wildman–Crippen MR) is 93.2 cm³/mol. The number of rotatable bonds is 13. The molecular formula is C19H36O5. The Morgan fingerprint density at radius 2 is 1.33 bits per heavy atom. The summed E-state index contributed by atoms with van der Waals surface area (Å²) in [6.07, 6.45) is 11.8. The first-order chi connectivity index (χ1) is 11.9. The molecule has 2 rings (SSSR count). The Balaban J connectivity index is 1.25. The Kier molecular flexibility index (Phi) is 11.8. The summed E-state index contributed by atoms with van der Waals surface area (Å²) in [5.74, 6) is 0. The Labute approximate surface area is 147 Å². The lowest BCUT2D eigenvalue weighted by molar-refractivity contribution is -0.164. The number of ether oxygens (including phenoxy) is 5. The van der Waals surface area contributed by atoms with E-state index in [1.54, 1.807) is 0 Å². The molecular weight excluding hydrogens is 308 g/mol. The Bertz CT molecular complexity index is 247. The van der Waals surface area contributed by atoms with Gasteiger partial charge in [0, 0.05) is 39.6 Å². The zero-order valence-corrected chi connectivity index (χ0v) is 15.2. The smallest absolute Gasteiger partial charge is 0.157 e. The third kappa shape index (κ3) is 9.94. The lowest BCUT2D eigenvalue weighted by Crippen LogP contribution is -2.23. The molecule has 142 valence electrons. The van der Waals surface area contributed by atoms with E-state index in [0.717, 1.165) is 78.4 Å². The van der Waals surface area contributed by atoms with Crippen molar-refractivity contribution in [2.24, 2.45) is 0 Å². The monoisotopic (exact) mass is 344 g/mol. The Morgan fingerprint density at radius 1 is 0.667 bits per heavy atom. The van der Waals surface area contributed by atoms with Gasteiger partial charge in [-0.1, -0.05) is 0 Å². The van der Waals surface area contributed by atoms with Gasteiger partial charge in [0.2, 0.25) is 0 Å². The molecule has 0 amide bonds. The molecule has 0 bridgehead atoms. The van der Waals surface area contributed by atoms with Gasteiger partial charge in [0.15, 0.2) is 6.29 Å². The molecule has 2 aliphatic heterocycles. The molecule has 0 aromatic carbocycles. The molecule has 2 saturated heterocycles. The Morgan fingerprint density at radius 3 is 2.00 bits per heavy atom. The molecule has 0 spiro atoms. The van der Waals surface area contributed by atoms with Gasteiger partial charge in [0.25, 0.3) is 0 Å². The summed E-state index contributed by atoms with van der Waals surface area (Å²) in [5, 5.41) is 0. The van der Waals surface area contributed by atoms with Gasteiger partial charge < -0.3 is 23.7 Å². The second kappa shape index (κ2) is 14.0. The van der Waals surface area contributed by atoms with Crippen LogP contribution in [-0.4, -0.2) is 58.6 Å². The van der Waals surface area contributed by atoms with Crippen LogP contribution in [0, 0.1) is 0 Å². The topological polar surface area (TPSA) is 46.2 Å². The molecule has 0 N–H and O–H groups in total. The fourth-order valence-corrected chi connectivity index (χ4v) is 3.13. The van der Waals surface area contributed by atoms with Gasteiger partial charge in [-0.2, -0.15) is 0 Å². The lowest BCUT2D eigenvalue weighted by Gasteiger charge is -2.22. The number of hydrogen-bond acceptors (Lipinski definition) is 5. The summed E-state index contributed by atoms with van der Waals surface area (Å²) in [7, 11) is 0. The van der Waals surface area contributed by atoms with E-state index in [9.17, 15) is 0 Å². The van der Waals surface area contributed by atoms with Crippen LogP contribution in [0.15, 0.2) is 0 Å². The van der Waals surface area contributed by atoms with Gasteiger partial charge in [0.1, 0.15) is 0 Å². The molecule has 0 radical (unpaired) electrons. The van der Waals surface area contributed by atoms with Crippen molar-refractivity contribution in [1.29, 1.82) is 0 Å². The molecule has 24 heavy (non-hydrogen) atoms. The SMILES string of the molecule is C(COCCCOC1CCCCO1)COCCCC1CCCCO1. The third-order valence-corrected chi connectivity index (χ3v) is 4.54. The van der Waals surface area contributed by atoms with E-state index < -0.39 is 0 Å². The van der Waals surface area contributed by atoms with Crippen molar-refractivity contribution < 1.29 is 23.7 Å². The van der Waals surface area contributed by atoms with Gasteiger partial charge in [-0.15, -0.1) is 0 Å². The molecule has 0 saturated carbocycles. The maximum absolute atomic E-state index is 5.71. The maximum atomic E-state index is 5.71. The van der Waals surface area contributed by atoms with Crippen molar-refractivity contribution in [1.82, 2.24) is 0 Å². The van der Waals surface area contributed by atoms with Gasteiger partial charge in [0.05, 0.1) is 12.7 Å². The van der Waals surface area contributed by atoms with Crippen molar-refractivity contribution in [2.75, 3.05) is 46.2 Å². The van der Waals surface area contributed by atoms with Crippen molar-refractivity contribution in [3.8, 4) is 0 Å². The van der Waals surface area contributed by atoms with Gasteiger partial charge in [-0.25, -0.2) is 0 Å². The van der Waals surface area contributed by atoms with Gasteiger partial charge in [-0.3, -0.25) is 0 Å². The van der Waals surface area contributed by atoms with Gasteiger partial charge >= 0.3 is 0 Å². The average Bonchev–Trinajstić information content (AvgIpc) is 2.64. The van der Waals surface area contributed by atoms with E-state index in [-0.39, 0.29) is 6.29 Å². The summed E-state index contributed by atoms with van der Waals surface area (Å²) < 4.78 is 28.2. The molecule has 0 aromatic rings. The zero-order valence-electron chi connectivity index (χ0n) is 15.2. The molecule has 2 unspecified atom stereocenters. The summed E-state index contributed by atoms with van der Waals surface area (Å²) in [5.41, 5.74) is 0. The highest BCUT2D eigenvalue weighted by Gasteiger charge is 2.13. The summed E-state index contributed by atoms with van der Waals surface area (Å²) in [4.78, 5) is 0. The van der Waals surface area contributed by atoms with Crippen LogP contribution in [0.3, 0.4) is 0 Å². The van der Waals surface area contributed by atoms with E-state index >= 15 is 0 Å². The minimum atomic E-state index is 0.0196. The molecule has 2 aliphatic rings. The zero-order chi connectivity index (χ0) is 16.7. The van der Waals surface area contributed by atoms with Crippen molar-refractivity contribution in [3.63, 3.8) is 0 Å². The van der Waals surface area contributed by atoms with E-state index in [4.69, 9.17) is 23.7 Å². The fraction of sp³-hybridized carbons (Fsp3) is 1.00. The Hall–Kier alpha value is -0.200. The first-order valence-corrected chi connectivity index (χ1v) is 9.95. The van der Waals surface area contributed by atoms with Crippen LogP contribution in [0.1, 0.15) is 64.2 Å². The van der Waals surface area contributed by atoms with E-state index in [1.807, 2.05) is 0 Å². The molecule has 5 heteroatoms. The highest BCUT2D eigenvalue weighted by atomic mass is 16.7. The largest absolute Gasteiger partial charge is 0.381 e. The van der Waals surface area contributed by atoms with Crippen LogP contribution in [0.5, 0.6) is 0 Å². The summed E-state index contributed by atoms with van der Waals surface area (Å²) in [6, 6.07) is 0. The first-order valence-electron chi connectivity index (χ1n) is 9.95. The van der Waals surface area contributed by atoms with Crippen molar-refractivity contribution >= 4 is 0 Å². The predicted octanol–water partition coefficient (Wildman–Crippen LogP) is 3.69. The lowest BCUT2D eigenvalue weighted by atomic mass is 10.1. The van der Waals surface area contributed by atoms with Crippen LogP contribution < -0.4 is 0 Å². The minimum Gasteiger partial charge on any atom is -0.381 e. The second-order valence-corrected chi connectivity index (χ2v) is 6.73. The highest BCUT2D eigenvalue weighted by molar-refractivity contribution is 4.63. The first kappa shape index (κ1) is 20.1. The molecule has 2 heterocycles. The normalized spacial score (nSPS) is 25.0. The van der Waals surface area contributed by atoms with Crippen LogP contribution in [0.2, 0.25) is 0 Å². The van der Waals surface area contributed by atoms with E-state index in [1.165, 1.54) is 32.1 Å². The molecule has 2 fully saturated rings. The van der Waals surface area contributed by atoms with Gasteiger partial charge in [-0.05, 0) is 64.2 Å². The van der Waals surface area contributed by atoms with Crippen LogP contribution in [-0.2, 0) is 23.7 Å². The van der Waals surface area contributed by atoms with Crippen LogP contribution >= 0.6 is 0 Å². The van der Waals surface area contributed by atoms with Crippen LogP contribution in [0.25, 0.3) is 0 Å². The fourth-order valence-electron chi connectivity index (χ4n) is 3.13. The molecule has 2 atom stereocenters. The standard InChI is InChI=1S/C19H36O5/c1-3-15-22-18(8-1)9-5-11-20-12-6-13-21-14-7-17-24-19-10-2-4-16-23-19/h18-19H,1-17H2. The van der Waals surface area contributed by atoms with Crippen molar-refractivity contribution in [3.05, 3.63) is 0 Å². The average molecular weight is 344 g/mol. The minimum absolute atomic E-state index is 0.0196. The van der Waals surface area contributed by atoms with Crippen LogP contribution in [0.4, 0.5) is 0 Å². The molecule has 0 aromatic heterocycles. The maximum Gasteiger partial charge on any atom is 0.157 e. The molecule has 0 aliphatic carbocycles. The highest BCUT2D eigenvalue weighted by Crippen LogP contribution is 2.16. The second-order valence-electron chi connectivity index (χ2n) is 6.73. The number of hydrogen-bond donors (Lipinski definition) is 0. The third-order valence-electron chi connectivity index (χ3n) is 4.54. The van der Waals surface area contributed by atoms with E-state index in [2.05, 4.69) is 0 Å². The quantitative estimate of drug-likeness (QED) is 0.477. The summed E-state index contributed by atoms with van der Waals surface area (Å²) >= 11 is 0.